The summed E-state index contributed by atoms with van der Waals surface area (Å²) in [6, 6.07) is 12.3. The van der Waals surface area contributed by atoms with E-state index in [9.17, 15) is 14.0 Å². The fraction of sp³-hybridized carbons (Fsp3) is 0.250. The SMILES string of the molecule is CCCCCC(=O)Nc1ccc(C(=O)N/N=C/c2ccc(F)cc2)cc1. The first-order valence-electron chi connectivity index (χ1n) is 8.57. The third kappa shape index (κ3) is 6.47. The lowest BCUT2D eigenvalue weighted by Gasteiger charge is -2.06. The lowest BCUT2D eigenvalue weighted by molar-refractivity contribution is -0.116. The van der Waals surface area contributed by atoms with Gasteiger partial charge in [0.15, 0.2) is 0 Å². The van der Waals surface area contributed by atoms with E-state index in [1.54, 1.807) is 36.4 Å². The number of amides is 2. The molecule has 2 aromatic rings. The van der Waals surface area contributed by atoms with Crippen LogP contribution in [0.1, 0.15) is 48.5 Å². The smallest absolute Gasteiger partial charge is 0.271 e. The molecule has 136 valence electrons. The van der Waals surface area contributed by atoms with Gasteiger partial charge in [-0.2, -0.15) is 5.10 Å². The zero-order chi connectivity index (χ0) is 18.8. The van der Waals surface area contributed by atoms with Crippen LogP contribution in [-0.2, 0) is 4.79 Å². The number of hydrogen-bond acceptors (Lipinski definition) is 3. The first kappa shape index (κ1) is 19.3. The maximum Gasteiger partial charge on any atom is 0.271 e. The van der Waals surface area contributed by atoms with E-state index < -0.39 is 0 Å². The fourth-order valence-electron chi connectivity index (χ4n) is 2.24. The number of nitrogens with zero attached hydrogens (tertiary/aromatic N) is 1. The van der Waals surface area contributed by atoms with Crippen LogP contribution in [0.2, 0.25) is 0 Å². The van der Waals surface area contributed by atoms with Crippen molar-refractivity contribution in [2.24, 2.45) is 5.10 Å². The average molecular weight is 355 g/mol. The largest absolute Gasteiger partial charge is 0.326 e. The highest BCUT2D eigenvalue weighted by atomic mass is 19.1. The molecule has 0 heterocycles. The van der Waals surface area contributed by atoms with Crippen molar-refractivity contribution in [1.29, 1.82) is 0 Å². The number of hydrogen-bond donors (Lipinski definition) is 2. The Morgan fingerprint density at radius 3 is 2.38 bits per heavy atom. The standard InChI is InChI=1S/C20H22FN3O2/c1-2-3-4-5-19(25)23-18-12-8-16(9-13-18)20(26)24-22-14-15-6-10-17(21)11-7-15/h6-14H,2-5H2,1H3,(H,23,25)(H,24,26)/b22-14+. The van der Waals surface area contributed by atoms with Crippen LogP contribution in [-0.4, -0.2) is 18.0 Å². The van der Waals surface area contributed by atoms with Crippen molar-refractivity contribution in [2.75, 3.05) is 5.32 Å². The van der Waals surface area contributed by atoms with E-state index in [1.807, 2.05) is 0 Å². The Hall–Kier alpha value is -3.02. The second kappa shape index (κ2) is 10.1. The summed E-state index contributed by atoms with van der Waals surface area (Å²) in [5.74, 6) is -0.729. The van der Waals surface area contributed by atoms with Gasteiger partial charge in [0.1, 0.15) is 5.82 Å². The minimum absolute atomic E-state index is 0.0282. The molecule has 0 unspecified atom stereocenters. The number of unbranched alkanes of at least 4 members (excludes halogenated alkanes) is 2. The Bertz CT molecular complexity index is 756. The van der Waals surface area contributed by atoms with Crippen LogP contribution >= 0.6 is 0 Å². The van der Waals surface area contributed by atoms with Gasteiger partial charge >= 0.3 is 0 Å². The summed E-state index contributed by atoms with van der Waals surface area (Å²) < 4.78 is 12.8. The number of carbonyl (C=O) groups excluding carboxylic acids is 2. The number of nitrogens with one attached hydrogen (secondary N) is 2. The van der Waals surface area contributed by atoms with Crippen LogP contribution in [0.25, 0.3) is 0 Å². The Morgan fingerprint density at radius 1 is 1.04 bits per heavy atom. The Kier molecular flexibility index (Phi) is 7.49. The maximum absolute atomic E-state index is 12.8. The number of rotatable bonds is 8. The van der Waals surface area contributed by atoms with Crippen molar-refractivity contribution >= 4 is 23.7 Å². The molecule has 0 aliphatic heterocycles. The van der Waals surface area contributed by atoms with E-state index in [-0.39, 0.29) is 17.6 Å². The third-order valence-corrected chi connectivity index (χ3v) is 3.69. The van der Waals surface area contributed by atoms with Gasteiger partial charge in [0.05, 0.1) is 6.21 Å². The molecule has 26 heavy (non-hydrogen) atoms. The molecule has 0 atom stereocenters. The summed E-state index contributed by atoms with van der Waals surface area (Å²) in [4.78, 5) is 23.8. The molecule has 0 saturated heterocycles. The van der Waals surface area contributed by atoms with Crippen LogP contribution in [0.4, 0.5) is 10.1 Å². The predicted molar refractivity (Wildman–Crippen MR) is 101 cm³/mol. The van der Waals surface area contributed by atoms with Crippen molar-refractivity contribution < 1.29 is 14.0 Å². The van der Waals surface area contributed by atoms with Gasteiger partial charge in [0.2, 0.25) is 5.91 Å². The van der Waals surface area contributed by atoms with Gasteiger partial charge in [-0.1, -0.05) is 31.9 Å². The van der Waals surface area contributed by atoms with Gasteiger partial charge in [0, 0.05) is 17.7 Å². The lowest BCUT2D eigenvalue weighted by atomic mass is 10.1. The molecule has 6 heteroatoms. The van der Waals surface area contributed by atoms with Crippen LogP contribution in [0, 0.1) is 5.82 Å². The van der Waals surface area contributed by atoms with E-state index in [0.29, 0.717) is 23.2 Å². The molecule has 0 radical (unpaired) electrons. The van der Waals surface area contributed by atoms with Crippen molar-refractivity contribution in [3.8, 4) is 0 Å². The van der Waals surface area contributed by atoms with Crippen molar-refractivity contribution in [1.82, 2.24) is 5.43 Å². The molecular weight excluding hydrogens is 333 g/mol. The number of halogens is 1. The van der Waals surface area contributed by atoms with Gasteiger partial charge < -0.3 is 5.32 Å². The Labute approximate surface area is 152 Å². The minimum Gasteiger partial charge on any atom is -0.326 e. The normalized spacial score (nSPS) is 10.7. The van der Waals surface area contributed by atoms with Crippen molar-refractivity contribution in [3.05, 3.63) is 65.5 Å². The molecule has 0 aliphatic rings. The van der Waals surface area contributed by atoms with Crippen LogP contribution in [0.5, 0.6) is 0 Å². The van der Waals surface area contributed by atoms with E-state index in [0.717, 1.165) is 19.3 Å². The van der Waals surface area contributed by atoms with E-state index in [1.165, 1.54) is 18.3 Å². The van der Waals surface area contributed by atoms with Crippen LogP contribution < -0.4 is 10.7 Å². The minimum atomic E-state index is -0.371. The molecule has 0 spiro atoms. The average Bonchev–Trinajstić information content (AvgIpc) is 2.64. The molecule has 5 nitrogen and oxygen atoms in total. The highest BCUT2D eigenvalue weighted by molar-refractivity contribution is 5.96. The molecule has 0 aliphatic carbocycles. The van der Waals surface area contributed by atoms with E-state index >= 15 is 0 Å². The Morgan fingerprint density at radius 2 is 1.73 bits per heavy atom. The summed E-state index contributed by atoms with van der Waals surface area (Å²) in [7, 11) is 0. The monoisotopic (exact) mass is 355 g/mol. The first-order chi connectivity index (χ1) is 12.6. The van der Waals surface area contributed by atoms with Gasteiger partial charge in [-0.25, -0.2) is 9.82 Å². The van der Waals surface area contributed by atoms with Crippen LogP contribution in [0.3, 0.4) is 0 Å². The number of carbonyl (C=O) groups is 2. The summed E-state index contributed by atoms with van der Waals surface area (Å²) in [5, 5.41) is 6.65. The molecule has 2 N–H and O–H groups in total. The Balaban J connectivity index is 1.84. The zero-order valence-corrected chi connectivity index (χ0v) is 14.7. The number of anilines is 1. The van der Waals surface area contributed by atoms with Crippen LogP contribution in [0.15, 0.2) is 53.6 Å². The highest BCUT2D eigenvalue weighted by Crippen LogP contribution is 2.11. The molecule has 2 aromatic carbocycles. The molecule has 2 rings (SSSR count). The topological polar surface area (TPSA) is 70.6 Å². The quantitative estimate of drug-likeness (QED) is 0.425. The third-order valence-electron chi connectivity index (χ3n) is 3.69. The highest BCUT2D eigenvalue weighted by Gasteiger charge is 2.06. The molecule has 0 aromatic heterocycles. The predicted octanol–water partition coefficient (Wildman–Crippen LogP) is 4.11. The summed E-state index contributed by atoms with van der Waals surface area (Å²) >= 11 is 0. The van der Waals surface area contributed by atoms with E-state index in [4.69, 9.17) is 0 Å². The maximum atomic E-state index is 12.8. The van der Waals surface area contributed by atoms with Gasteiger partial charge in [0.25, 0.3) is 5.91 Å². The van der Waals surface area contributed by atoms with Crippen molar-refractivity contribution in [2.45, 2.75) is 32.6 Å². The number of hydrazone groups is 1. The van der Waals surface area contributed by atoms with Gasteiger partial charge in [-0.3, -0.25) is 9.59 Å². The van der Waals surface area contributed by atoms with E-state index in [2.05, 4.69) is 22.8 Å². The second-order valence-electron chi connectivity index (χ2n) is 5.83. The first-order valence-corrected chi connectivity index (χ1v) is 8.57. The zero-order valence-electron chi connectivity index (χ0n) is 14.7. The van der Waals surface area contributed by atoms with Crippen molar-refractivity contribution in [3.63, 3.8) is 0 Å². The fourth-order valence-corrected chi connectivity index (χ4v) is 2.24. The van der Waals surface area contributed by atoms with Gasteiger partial charge in [-0.05, 0) is 48.4 Å². The summed E-state index contributed by atoms with van der Waals surface area (Å²) in [6.45, 7) is 2.09. The molecular formula is C20H22FN3O2. The molecule has 2 amide bonds. The summed E-state index contributed by atoms with van der Waals surface area (Å²) in [6.07, 6.45) is 4.90. The summed E-state index contributed by atoms with van der Waals surface area (Å²) in [5.41, 5.74) is 4.15. The molecule has 0 saturated carbocycles. The molecule has 0 bridgehead atoms. The number of benzene rings is 2. The van der Waals surface area contributed by atoms with Gasteiger partial charge in [-0.15, -0.1) is 0 Å². The second-order valence-corrected chi connectivity index (χ2v) is 5.83. The molecule has 0 fully saturated rings. The lowest BCUT2D eigenvalue weighted by Crippen LogP contribution is -2.17.